The normalized spacial score (nSPS) is 13.6. The van der Waals surface area contributed by atoms with Crippen LogP contribution in [0.3, 0.4) is 0 Å². The molecule has 0 fully saturated rings. The molecule has 0 aliphatic heterocycles. The topological polar surface area (TPSA) is 118 Å². The van der Waals surface area contributed by atoms with Crippen molar-refractivity contribution in [3.63, 3.8) is 0 Å². The van der Waals surface area contributed by atoms with E-state index in [0.29, 0.717) is 19.3 Å². The number of unbranched alkanes of at least 4 members (excludes halogenated alkanes) is 14. The average Bonchev–Trinajstić information content (AvgIpc) is 2.72. The molecule has 0 aliphatic carbocycles. The van der Waals surface area contributed by atoms with Gasteiger partial charge >= 0.3 is 11.9 Å². The second-order valence-electron chi connectivity index (χ2n) is 8.88. The van der Waals surface area contributed by atoms with E-state index in [0.717, 1.165) is 51.4 Å². The summed E-state index contributed by atoms with van der Waals surface area (Å²) in [5.41, 5.74) is 0. The van der Waals surface area contributed by atoms with E-state index in [2.05, 4.69) is 13.8 Å². The van der Waals surface area contributed by atoms with Crippen LogP contribution >= 0.6 is 0 Å². The third-order valence-electron chi connectivity index (χ3n) is 5.97. The van der Waals surface area contributed by atoms with Gasteiger partial charge in [-0.3, -0.25) is 14.1 Å². The summed E-state index contributed by atoms with van der Waals surface area (Å²) in [6.45, 7) is 4.34. The molecule has 0 aliphatic rings. The van der Waals surface area contributed by atoms with Crippen molar-refractivity contribution >= 4 is 22.1 Å². The van der Waals surface area contributed by atoms with Crippen molar-refractivity contribution in [2.45, 2.75) is 134 Å². The van der Waals surface area contributed by atoms with E-state index < -0.39 is 33.2 Å². The molecule has 0 spiro atoms. The van der Waals surface area contributed by atoms with Gasteiger partial charge in [0.25, 0.3) is 10.1 Å². The number of rotatable bonds is 22. The number of carboxylic acid groups (broad SMARTS) is 1. The monoisotopic (exact) mass is 478 g/mol. The molecule has 0 radical (unpaired) electrons. The molecule has 0 rings (SSSR count). The summed E-state index contributed by atoms with van der Waals surface area (Å²) in [6.07, 6.45) is 14.7. The molecular formula is C24H46O7S. The summed E-state index contributed by atoms with van der Waals surface area (Å²) >= 11 is 0. The summed E-state index contributed by atoms with van der Waals surface area (Å²) in [5, 5.41) is 9.23. The quantitative estimate of drug-likeness (QED) is 0.106. The highest BCUT2D eigenvalue weighted by atomic mass is 32.2. The van der Waals surface area contributed by atoms with E-state index in [4.69, 9.17) is 4.74 Å². The van der Waals surface area contributed by atoms with Gasteiger partial charge in [0.05, 0.1) is 13.0 Å². The van der Waals surface area contributed by atoms with Crippen LogP contribution in [0, 0.1) is 0 Å². The van der Waals surface area contributed by atoms with Crippen LogP contribution in [0.15, 0.2) is 0 Å². The molecule has 0 heterocycles. The van der Waals surface area contributed by atoms with Crippen LogP contribution in [0.5, 0.6) is 0 Å². The summed E-state index contributed by atoms with van der Waals surface area (Å²) in [5.74, 6) is -2.60. The number of carbonyl (C=O) groups is 2. The smallest absolute Gasteiger partial charge is 0.330 e. The van der Waals surface area contributed by atoms with Gasteiger partial charge < -0.3 is 9.84 Å². The zero-order chi connectivity index (χ0) is 24.3. The lowest BCUT2D eigenvalue weighted by molar-refractivity contribution is -0.152. The highest BCUT2D eigenvalue weighted by Crippen LogP contribution is 2.30. The van der Waals surface area contributed by atoms with Crippen LogP contribution in [0.25, 0.3) is 0 Å². The first-order valence-electron chi connectivity index (χ1n) is 12.6. The lowest BCUT2D eigenvalue weighted by Crippen LogP contribution is -2.49. The molecule has 0 aromatic rings. The third kappa shape index (κ3) is 13.4. The molecule has 8 heteroatoms. The number of carboxylic acids is 1. The molecule has 0 aromatic heterocycles. The minimum atomic E-state index is -4.94. The molecule has 0 bridgehead atoms. The van der Waals surface area contributed by atoms with E-state index in [1.54, 1.807) is 0 Å². The summed E-state index contributed by atoms with van der Waals surface area (Å²) < 4.78 is 36.8. The van der Waals surface area contributed by atoms with Crippen molar-refractivity contribution in [3.05, 3.63) is 0 Å². The van der Waals surface area contributed by atoms with Crippen LogP contribution in [-0.2, 0) is 24.4 Å². The maximum atomic E-state index is 12.7. The van der Waals surface area contributed by atoms with Crippen LogP contribution in [0.1, 0.15) is 129 Å². The van der Waals surface area contributed by atoms with Gasteiger partial charge in [0.1, 0.15) is 0 Å². The molecule has 0 saturated heterocycles. The van der Waals surface area contributed by atoms with E-state index in [1.807, 2.05) is 0 Å². The van der Waals surface area contributed by atoms with Gasteiger partial charge in [0.2, 0.25) is 4.75 Å². The van der Waals surface area contributed by atoms with E-state index >= 15 is 0 Å². The van der Waals surface area contributed by atoms with Crippen molar-refractivity contribution in [1.82, 2.24) is 0 Å². The molecule has 1 unspecified atom stereocenters. The Kier molecular flexibility index (Phi) is 17.6. The predicted octanol–water partition coefficient (Wildman–Crippen LogP) is 6.30. The van der Waals surface area contributed by atoms with Crippen molar-refractivity contribution < 1.29 is 32.4 Å². The SMILES string of the molecule is CCCCCCCCCCOC(=O)C(CCCCCCCCCC)(CC(=O)O)S(=O)(=O)O. The second kappa shape index (κ2) is 18.3. The fraction of sp³-hybridized carbons (Fsp3) is 0.917. The van der Waals surface area contributed by atoms with Crippen LogP contribution in [0.4, 0.5) is 0 Å². The Labute approximate surface area is 195 Å². The van der Waals surface area contributed by atoms with Crippen LogP contribution in [-0.4, -0.2) is 41.4 Å². The van der Waals surface area contributed by atoms with Gasteiger partial charge in [-0.15, -0.1) is 0 Å². The first kappa shape index (κ1) is 30.9. The number of esters is 1. The number of aliphatic carboxylic acids is 1. The predicted molar refractivity (Wildman–Crippen MR) is 127 cm³/mol. The maximum absolute atomic E-state index is 12.7. The molecule has 0 aromatic carbocycles. The second-order valence-corrected chi connectivity index (χ2v) is 10.6. The Morgan fingerprint density at radius 3 is 1.53 bits per heavy atom. The highest BCUT2D eigenvalue weighted by molar-refractivity contribution is 7.88. The average molecular weight is 479 g/mol. The largest absolute Gasteiger partial charge is 0.481 e. The molecule has 0 saturated carbocycles. The van der Waals surface area contributed by atoms with Gasteiger partial charge in [-0.25, -0.2) is 0 Å². The summed E-state index contributed by atoms with van der Waals surface area (Å²) in [6, 6.07) is 0. The lowest BCUT2D eigenvalue weighted by atomic mass is 9.96. The Bertz CT molecular complexity index is 603. The molecule has 2 N–H and O–H groups in total. The molecule has 32 heavy (non-hydrogen) atoms. The maximum Gasteiger partial charge on any atom is 0.330 e. The van der Waals surface area contributed by atoms with E-state index in [-0.39, 0.29) is 13.0 Å². The Morgan fingerprint density at radius 2 is 1.12 bits per heavy atom. The van der Waals surface area contributed by atoms with Gasteiger partial charge in [-0.05, 0) is 12.8 Å². The van der Waals surface area contributed by atoms with Crippen LogP contribution < -0.4 is 0 Å². The zero-order valence-electron chi connectivity index (χ0n) is 20.3. The number of ether oxygens (including phenoxy) is 1. The van der Waals surface area contributed by atoms with Gasteiger partial charge in [-0.1, -0.05) is 110 Å². The molecular weight excluding hydrogens is 432 g/mol. The van der Waals surface area contributed by atoms with Gasteiger partial charge in [-0.2, -0.15) is 8.42 Å². The van der Waals surface area contributed by atoms with E-state index in [1.165, 1.54) is 32.1 Å². The summed E-state index contributed by atoms with van der Waals surface area (Å²) in [7, 11) is -4.94. The first-order valence-corrected chi connectivity index (χ1v) is 14.0. The first-order chi connectivity index (χ1) is 15.2. The third-order valence-corrected chi connectivity index (χ3v) is 7.47. The highest BCUT2D eigenvalue weighted by Gasteiger charge is 2.52. The van der Waals surface area contributed by atoms with Crippen molar-refractivity contribution in [2.75, 3.05) is 6.61 Å². The van der Waals surface area contributed by atoms with Gasteiger partial charge in [0, 0.05) is 0 Å². The minimum Gasteiger partial charge on any atom is -0.481 e. The standard InChI is InChI=1S/C24H46O7S/c1-3-5-7-9-11-13-15-17-19-24(21-22(25)26,32(28,29)30)23(27)31-20-18-16-14-12-10-8-6-4-2/h3-21H2,1-2H3,(H,25,26)(H,28,29,30). The van der Waals surface area contributed by atoms with Crippen molar-refractivity contribution in [2.24, 2.45) is 0 Å². The number of carbonyl (C=O) groups excluding carboxylic acids is 1. The molecule has 1 atom stereocenters. The van der Waals surface area contributed by atoms with E-state index in [9.17, 15) is 27.7 Å². The minimum absolute atomic E-state index is 0.0299. The molecule has 0 amide bonds. The number of hydrogen-bond acceptors (Lipinski definition) is 5. The van der Waals surface area contributed by atoms with Crippen LogP contribution in [0.2, 0.25) is 0 Å². The van der Waals surface area contributed by atoms with Crippen molar-refractivity contribution in [1.29, 1.82) is 0 Å². The zero-order valence-corrected chi connectivity index (χ0v) is 21.1. The Morgan fingerprint density at radius 1 is 0.719 bits per heavy atom. The fourth-order valence-corrected chi connectivity index (χ4v) is 4.89. The number of hydrogen-bond donors (Lipinski definition) is 2. The van der Waals surface area contributed by atoms with Gasteiger partial charge in [0.15, 0.2) is 0 Å². The van der Waals surface area contributed by atoms with Crippen molar-refractivity contribution in [3.8, 4) is 0 Å². The molecule has 190 valence electrons. The Hall–Kier alpha value is -1.15. The molecule has 7 nitrogen and oxygen atoms in total. The summed E-state index contributed by atoms with van der Waals surface area (Å²) in [4.78, 5) is 24.0. The fourth-order valence-electron chi connectivity index (χ4n) is 3.91. The Balaban J connectivity index is 4.64. The lowest BCUT2D eigenvalue weighted by Gasteiger charge is -2.27.